The largest absolute Gasteiger partial charge is 0.450 e. The van der Waals surface area contributed by atoms with E-state index < -0.39 is 17.6 Å². The summed E-state index contributed by atoms with van der Waals surface area (Å²) in [6, 6.07) is 8.60. The predicted octanol–water partition coefficient (Wildman–Crippen LogP) is 4.89. The number of morpholine rings is 1. The number of benzene rings is 1. The molecule has 2 N–H and O–H groups in total. The van der Waals surface area contributed by atoms with Gasteiger partial charge < -0.3 is 24.7 Å². The van der Waals surface area contributed by atoms with Crippen LogP contribution in [0.5, 0.6) is 11.5 Å². The minimum atomic E-state index is -4.68. The summed E-state index contributed by atoms with van der Waals surface area (Å²) >= 11 is 6.69. The second kappa shape index (κ2) is 11.7. The SMILES string of the molecule is Cn1c(Nc2cc(C(=O)NCCN3CCOCC3)cc(C(F)(F)F)c2)nc2ncc(Oc3cnn4ccccc34)c(Cl)c21. The molecule has 1 aliphatic rings. The van der Waals surface area contributed by atoms with E-state index in [0.29, 0.717) is 31.0 Å². The number of fused-ring (bicyclic) bond motifs is 2. The molecule has 0 spiro atoms. The van der Waals surface area contributed by atoms with Crippen LogP contribution in [0.3, 0.4) is 0 Å². The van der Waals surface area contributed by atoms with Crippen molar-refractivity contribution >= 4 is 45.8 Å². The molecule has 1 aromatic carbocycles. The van der Waals surface area contributed by atoms with E-state index in [1.165, 1.54) is 12.3 Å². The minimum Gasteiger partial charge on any atom is -0.450 e. The first-order valence-electron chi connectivity index (χ1n) is 13.4. The number of anilines is 2. The number of alkyl halides is 3. The number of carbonyl (C=O) groups excluding carboxylic acids is 1. The quantitative estimate of drug-likeness (QED) is 0.254. The number of nitrogens with one attached hydrogen (secondary N) is 2. The van der Waals surface area contributed by atoms with Gasteiger partial charge in [0.2, 0.25) is 5.95 Å². The molecule has 43 heavy (non-hydrogen) atoms. The fraction of sp³-hybridized carbons (Fsp3) is 0.286. The van der Waals surface area contributed by atoms with Gasteiger partial charge in [-0.15, -0.1) is 0 Å². The molecule has 6 rings (SSSR count). The van der Waals surface area contributed by atoms with Gasteiger partial charge in [-0.1, -0.05) is 17.7 Å². The Morgan fingerprint density at radius 1 is 1.14 bits per heavy atom. The molecule has 224 valence electrons. The van der Waals surface area contributed by atoms with Crippen LogP contribution >= 0.6 is 11.6 Å². The lowest BCUT2D eigenvalue weighted by Crippen LogP contribution is -2.41. The van der Waals surface area contributed by atoms with Gasteiger partial charge in [-0.05, 0) is 30.3 Å². The Balaban J connectivity index is 1.25. The van der Waals surface area contributed by atoms with Crippen molar-refractivity contribution in [2.24, 2.45) is 7.05 Å². The lowest BCUT2D eigenvalue weighted by molar-refractivity contribution is -0.137. The zero-order chi connectivity index (χ0) is 30.1. The molecule has 1 fully saturated rings. The van der Waals surface area contributed by atoms with Crippen molar-refractivity contribution in [3.05, 3.63) is 71.1 Å². The standard InChI is InChI=1S/C28H26ClF3N8O3/c1-38-24-23(29)22(43-21-16-35-40-6-3-2-4-20(21)40)15-34-25(24)37-27(38)36-19-13-17(12-18(14-19)28(30,31)32)26(41)33-5-7-39-8-10-42-11-9-39/h2-4,6,12-16H,5,7-11H2,1H3,(H,33,41)(H,34,36,37). The van der Waals surface area contributed by atoms with E-state index in [0.717, 1.165) is 30.7 Å². The molecule has 0 atom stereocenters. The molecule has 1 saturated heterocycles. The molecule has 0 radical (unpaired) electrons. The van der Waals surface area contributed by atoms with Gasteiger partial charge in [0.05, 0.1) is 31.2 Å². The van der Waals surface area contributed by atoms with E-state index in [1.807, 2.05) is 18.2 Å². The average Bonchev–Trinajstić information content (AvgIpc) is 3.55. The molecular formula is C28H26ClF3N8O3. The van der Waals surface area contributed by atoms with Crippen molar-refractivity contribution in [3.63, 3.8) is 0 Å². The van der Waals surface area contributed by atoms with E-state index in [-0.39, 0.29) is 40.2 Å². The number of carbonyl (C=O) groups is 1. The van der Waals surface area contributed by atoms with Gasteiger partial charge in [0, 0.05) is 50.7 Å². The smallest absolute Gasteiger partial charge is 0.416 e. The van der Waals surface area contributed by atoms with E-state index in [1.54, 1.807) is 28.5 Å². The summed E-state index contributed by atoms with van der Waals surface area (Å²) < 4.78 is 55.9. The highest BCUT2D eigenvalue weighted by molar-refractivity contribution is 6.36. The second-order valence-electron chi connectivity index (χ2n) is 9.88. The normalized spacial score (nSPS) is 14.3. The highest BCUT2D eigenvalue weighted by atomic mass is 35.5. The third-order valence-corrected chi connectivity index (χ3v) is 7.38. The molecule has 0 saturated carbocycles. The summed E-state index contributed by atoms with van der Waals surface area (Å²) in [4.78, 5) is 23.7. The van der Waals surface area contributed by atoms with Gasteiger partial charge in [0.25, 0.3) is 5.91 Å². The number of nitrogens with zero attached hydrogens (tertiary/aromatic N) is 6. The number of amides is 1. The Morgan fingerprint density at radius 3 is 2.74 bits per heavy atom. The number of aromatic nitrogens is 5. The summed E-state index contributed by atoms with van der Waals surface area (Å²) in [5, 5.41) is 10.0. The Labute approximate surface area is 248 Å². The maximum atomic E-state index is 13.8. The molecule has 0 bridgehead atoms. The van der Waals surface area contributed by atoms with E-state index in [4.69, 9.17) is 21.1 Å². The summed E-state index contributed by atoms with van der Waals surface area (Å²) in [5.41, 5.74) is 0.261. The molecular weight excluding hydrogens is 589 g/mol. The first kappa shape index (κ1) is 28.7. The van der Waals surface area contributed by atoms with Crippen LogP contribution in [0.15, 0.2) is 55.0 Å². The Hall–Kier alpha value is -4.40. The van der Waals surface area contributed by atoms with Crippen LogP contribution in [0.1, 0.15) is 15.9 Å². The number of imidazole rings is 1. The maximum Gasteiger partial charge on any atom is 0.416 e. The summed E-state index contributed by atoms with van der Waals surface area (Å²) in [5.74, 6) is 0.253. The topological polar surface area (TPSA) is 111 Å². The van der Waals surface area contributed by atoms with Crippen molar-refractivity contribution in [2.75, 3.05) is 44.7 Å². The van der Waals surface area contributed by atoms with Crippen LogP contribution < -0.4 is 15.4 Å². The third-order valence-electron chi connectivity index (χ3n) is 7.01. The Bertz CT molecular complexity index is 1800. The number of pyridine rings is 2. The summed E-state index contributed by atoms with van der Waals surface area (Å²) in [6.07, 6.45) is 0.0638. The second-order valence-corrected chi connectivity index (χ2v) is 10.3. The fourth-order valence-corrected chi connectivity index (χ4v) is 5.08. The van der Waals surface area contributed by atoms with Gasteiger partial charge >= 0.3 is 6.18 Å². The number of hydrogen-bond donors (Lipinski definition) is 2. The average molecular weight is 615 g/mol. The zero-order valence-electron chi connectivity index (χ0n) is 22.9. The van der Waals surface area contributed by atoms with Crippen LogP contribution in [0.2, 0.25) is 5.02 Å². The third kappa shape index (κ3) is 6.07. The lowest BCUT2D eigenvalue weighted by atomic mass is 10.1. The van der Waals surface area contributed by atoms with Crippen LogP contribution in [0.4, 0.5) is 24.8 Å². The molecule has 15 heteroatoms. The number of rotatable bonds is 8. The molecule has 11 nitrogen and oxygen atoms in total. The molecule has 4 aromatic heterocycles. The number of ether oxygens (including phenoxy) is 2. The van der Waals surface area contributed by atoms with E-state index in [9.17, 15) is 18.0 Å². The first-order chi connectivity index (χ1) is 20.7. The van der Waals surface area contributed by atoms with Gasteiger partial charge in [-0.2, -0.15) is 23.3 Å². The monoisotopic (exact) mass is 614 g/mol. The van der Waals surface area contributed by atoms with Gasteiger partial charge in [0.15, 0.2) is 17.1 Å². The van der Waals surface area contributed by atoms with E-state index >= 15 is 0 Å². The van der Waals surface area contributed by atoms with Gasteiger partial charge in [-0.25, -0.2) is 9.50 Å². The van der Waals surface area contributed by atoms with Gasteiger partial charge in [0.1, 0.15) is 16.1 Å². The molecule has 1 amide bonds. The van der Waals surface area contributed by atoms with Gasteiger partial charge in [-0.3, -0.25) is 9.69 Å². The summed E-state index contributed by atoms with van der Waals surface area (Å²) in [7, 11) is 1.64. The molecule has 5 heterocycles. The number of aryl methyl sites for hydroxylation is 1. The first-order valence-corrected chi connectivity index (χ1v) is 13.7. The minimum absolute atomic E-state index is 0.0190. The van der Waals surface area contributed by atoms with Crippen LogP contribution in [-0.2, 0) is 18.0 Å². The van der Waals surface area contributed by atoms with Crippen LogP contribution in [0, 0.1) is 0 Å². The highest BCUT2D eigenvalue weighted by Gasteiger charge is 2.32. The summed E-state index contributed by atoms with van der Waals surface area (Å²) in [6.45, 7) is 3.53. The molecule has 0 unspecified atom stereocenters. The highest BCUT2D eigenvalue weighted by Crippen LogP contribution is 2.37. The number of halogens is 4. The molecule has 0 aliphatic carbocycles. The van der Waals surface area contributed by atoms with Crippen molar-refractivity contribution in [1.82, 2.24) is 34.4 Å². The molecule has 5 aromatic rings. The van der Waals surface area contributed by atoms with Crippen molar-refractivity contribution in [3.8, 4) is 11.5 Å². The van der Waals surface area contributed by atoms with Crippen molar-refractivity contribution < 1.29 is 27.4 Å². The zero-order valence-corrected chi connectivity index (χ0v) is 23.6. The van der Waals surface area contributed by atoms with Crippen LogP contribution in [0.25, 0.3) is 16.7 Å². The lowest BCUT2D eigenvalue weighted by Gasteiger charge is -2.26. The van der Waals surface area contributed by atoms with Crippen molar-refractivity contribution in [1.29, 1.82) is 0 Å². The molecule has 1 aliphatic heterocycles. The predicted molar refractivity (Wildman–Crippen MR) is 153 cm³/mol. The fourth-order valence-electron chi connectivity index (χ4n) is 4.78. The Morgan fingerprint density at radius 2 is 1.95 bits per heavy atom. The Kier molecular flexibility index (Phi) is 7.81. The van der Waals surface area contributed by atoms with Crippen molar-refractivity contribution in [2.45, 2.75) is 6.18 Å². The van der Waals surface area contributed by atoms with Crippen LogP contribution in [-0.4, -0.2) is 74.3 Å². The van der Waals surface area contributed by atoms with E-state index in [2.05, 4.69) is 30.6 Å². The number of hydrogen-bond acceptors (Lipinski definition) is 8. The maximum absolute atomic E-state index is 13.8.